The first-order chi connectivity index (χ1) is 17.7. The van der Waals surface area contributed by atoms with E-state index in [2.05, 4.69) is 62.1 Å². The van der Waals surface area contributed by atoms with Crippen LogP contribution in [-0.2, 0) is 0 Å². The van der Waals surface area contributed by atoms with Gasteiger partial charge in [-0.1, -0.05) is 95.3 Å². The lowest BCUT2D eigenvalue weighted by atomic mass is 9.69. The van der Waals surface area contributed by atoms with Crippen molar-refractivity contribution in [3.05, 3.63) is 47.5 Å². The van der Waals surface area contributed by atoms with E-state index in [1.165, 1.54) is 121 Å². The van der Waals surface area contributed by atoms with E-state index in [9.17, 15) is 0 Å². The van der Waals surface area contributed by atoms with Gasteiger partial charge in [0, 0.05) is 5.56 Å². The van der Waals surface area contributed by atoms with Crippen molar-refractivity contribution in [1.29, 1.82) is 0 Å². The fourth-order valence-corrected chi connectivity index (χ4v) is 7.78. The maximum absolute atomic E-state index is 3.39. The van der Waals surface area contributed by atoms with Gasteiger partial charge in [-0.2, -0.15) is 0 Å². The molecule has 0 nitrogen and oxygen atoms in total. The second-order valence-electron chi connectivity index (χ2n) is 12.7. The van der Waals surface area contributed by atoms with Crippen LogP contribution in [0.4, 0.5) is 0 Å². The van der Waals surface area contributed by atoms with Gasteiger partial charge < -0.3 is 0 Å². The molecule has 3 aliphatic carbocycles. The SMILES string of the molecule is CCCCC[C@H]1CC[C@H](c2ccc(C#C/C=C/C3CCC([C@H]4CC[C@H](CCC)CC4)CC3)cc2)CC1. The van der Waals surface area contributed by atoms with Crippen LogP contribution in [-0.4, -0.2) is 0 Å². The van der Waals surface area contributed by atoms with E-state index in [1.54, 1.807) is 5.56 Å². The molecule has 0 atom stereocenters. The monoisotopic (exact) mass is 486 g/mol. The molecule has 0 heterocycles. The lowest BCUT2D eigenvalue weighted by Gasteiger charge is -2.37. The van der Waals surface area contributed by atoms with E-state index in [0.29, 0.717) is 0 Å². The van der Waals surface area contributed by atoms with Gasteiger partial charge in [0.2, 0.25) is 0 Å². The average molecular weight is 487 g/mol. The minimum Gasteiger partial charge on any atom is -0.0730 e. The van der Waals surface area contributed by atoms with Crippen LogP contribution in [0.2, 0.25) is 0 Å². The van der Waals surface area contributed by atoms with Gasteiger partial charge in [0.15, 0.2) is 0 Å². The van der Waals surface area contributed by atoms with Crippen molar-refractivity contribution in [3.63, 3.8) is 0 Å². The summed E-state index contributed by atoms with van der Waals surface area (Å²) in [7, 11) is 0. The summed E-state index contributed by atoms with van der Waals surface area (Å²) in [5.74, 6) is 12.3. The topological polar surface area (TPSA) is 0 Å². The molecule has 198 valence electrons. The minimum atomic E-state index is 0.756. The molecular weight excluding hydrogens is 432 g/mol. The van der Waals surface area contributed by atoms with Crippen LogP contribution in [0.15, 0.2) is 36.4 Å². The molecule has 36 heavy (non-hydrogen) atoms. The summed E-state index contributed by atoms with van der Waals surface area (Å²) in [5.41, 5.74) is 2.71. The van der Waals surface area contributed by atoms with E-state index >= 15 is 0 Å². The van der Waals surface area contributed by atoms with Crippen LogP contribution in [0.3, 0.4) is 0 Å². The van der Waals surface area contributed by atoms with Crippen molar-refractivity contribution in [2.45, 2.75) is 135 Å². The Labute approximate surface area is 224 Å². The minimum absolute atomic E-state index is 0.756. The van der Waals surface area contributed by atoms with E-state index in [0.717, 1.165) is 35.5 Å². The Morgan fingerprint density at radius 1 is 0.667 bits per heavy atom. The van der Waals surface area contributed by atoms with E-state index < -0.39 is 0 Å². The van der Waals surface area contributed by atoms with Crippen molar-refractivity contribution in [2.24, 2.45) is 29.6 Å². The highest BCUT2D eigenvalue weighted by molar-refractivity contribution is 5.39. The lowest BCUT2D eigenvalue weighted by Crippen LogP contribution is -2.25. The largest absolute Gasteiger partial charge is 0.0730 e. The van der Waals surface area contributed by atoms with Crippen molar-refractivity contribution < 1.29 is 0 Å². The molecule has 0 heteroatoms. The number of benzene rings is 1. The molecule has 3 aliphatic rings. The molecule has 1 aromatic rings. The Balaban J connectivity index is 1.15. The first-order valence-corrected chi connectivity index (χ1v) is 16.0. The molecule has 3 fully saturated rings. The van der Waals surface area contributed by atoms with Crippen LogP contribution in [0, 0.1) is 41.4 Å². The summed E-state index contributed by atoms with van der Waals surface area (Å²) < 4.78 is 0. The molecule has 0 N–H and O–H groups in total. The van der Waals surface area contributed by atoms with Gasteiger partial charge in [-0.25, -0.2) is 0 Å². The maximum atomic E-state index is 3.39. The smallest absolute Gasteiger partial charge is 0.0249 e. The van der Waals surface area contributed by atoms with E-state index in [-0.39, 0.29) is 0 Å². The van der Waals surface area contributed by atoms with Crippen LogP contribution >= 0.6 is 0 Å². The third-order valence-corrected chi connectivity index (χ3v) is 10.2. The molecular formula is C36H54. The van der Waals surface area contributed by atoms with Gasteiger partial charge in [0.05, 0.1) is 0 Å². The zero-order valence-corrected chi connectivity index (χ0v) is 23.7. The Bertz CT molecular complexity index is 809. The third-order valence-electron chi connectivity index (χ3n) is 10.2. The fraction of sp³-hybridized carbons (Fsp3) is 0.722. The summed E-state index contributed by atoms with van der Waals surface area (Å²) in [6.45, 7) is 4.66. The first kappa shape index (κ1) is 27.6. The Morgan fingerprint density at radius 3 is 1.92 bits per heavy atom. The Morgan fingerprint density at radius 2 is 1.28 bits per heavy atom. The molecule has 0 aromatic heterocycles. The van der Waals surface area contributed by atoms with Crippen molar-refractivity contribution >= 4 is 0 Å². The second kappa shape index (κ2) is 15.1. The van der Waals surface area contributed by atoms with Crippen LogP contribution < -0.4 is 0 Å². The van der Waals surface area contributed by atoms with Gasteiger partial charge in [0.1, 0.15) is 0 Å². The highest BCUT2D eigenvalue weighted by Crippen LogP contribution is 2.42. The molecule has 0 amide bonds. The quantitative estimate of drug-likeness (QED) is 0.240. The van der Waals surface area contributed by atoms with Gasteiger partial charge in [0.25, 0.3) is 0 Å². The van der Waals surface area contributed by atoms with Gasteiger partial charge in [-0.15, -0.1) is 0 Å². The highest BCUT2D eigenvalue weighted by Gasteiger charge is 2.30. The number of hydrogen-bond acceptors (Lipinski definition) is 0. The zero-order valence-electron chi connectivity index (χ0n) is 23.7. The molecule has 0 bridgehead atoms. The zero-order chi connectivity index (χ0) is 25.0. The summed E-state index contributed by atoms with van der Waals surface area (Å²) in [5, 5.41) is 0. The number of rotatable bonds is 9. The van der Waals surface area contributed by atoms with Gasteiger partial charge >= 0.3 is 0 Å². The van der Waals surface area contributed by atoms with Crippen molar-refractivity contribution in [1.82, 2.24) is 0 Å². The maximum Gasteiger partial charge on any atom is 0.0249 e. The third kappa shape index (κ3) is 8.54. The predicted octanol–water partition coefficient (Wildman–Crippen LogP) is 10.9. The molecule has 3 saturated carbocycles. The molecule has 0 aliphatic heterocycles. The van der Waals surface area contributed by atoms with Crippen molar-refractivity contribution in [2.75, 3.05) is 0 Å². The van der Waals surface area contributed by atoms with Crippen LogP contribution in [0.25, 0.3) is 0 Å². The molecule has 4 rings (SSSR count). The summed E-state index contributed by atoms with van der Waals surface area (Å²) in [6.07, 6.45) is 30.4. The summed E-state index contributed by atoms with van der Waals surface area (Å²) >= 11 is 0. The lowest BCUT2D eigenvalue weighted by molar-refractivity contribution is 0.152. The van der Waals surface area contributed by atoms with Gasteiger partial charge in [-0.3, -0.25) is 0 Å². The average Bonchev–Trinajstić information content (AvgIpc) is 2.93. The summed E-state index contributed by atoms with van der Waals surface area (Å²) in [4.78, 5) is 0. The predicted molar refractivity (Wildman–Crippen MR) is 157 cm³/mol. The molecule has 0 spiro atoms. The Kier molecular flexibility index (Phi) is 11.5. The first-order valence-electron chi connectivity index (χ1n) is 16.0. The normalized spacial score (nSPS) is 31.2. The second-order valence-corrected chi connectivity index (χ2v) is 12.7. The van der Waals surface area contributed by atoms with Crippen LogP contribution in [0.1, 0.15) is 146 Å². The standard InChI is InChI=1S/C36H54/c1-3-5-6-10-30-15-23-35(24-16-30)36-27-19-32(20-28-36)12-8-7-11-31-17-25-34(26-18-31)33-21-13-29(9-4-2)14-22-33/h7,11,19-20,27-31,33-35H,3-6,9-10,13-18,21-26H2,1-2H3/b11-7+/t29-,30-,31?,33-,34?,35-. The Hall–Kier alpha value is -1.48. The summed E-state index contributed by atoms with van der Waals surface area (Å²) in [6, 6.07) is 9.22. The van der Waals surface area contributed by atoms with E-state index in [1.807, 2.05) is 0 Å². The highest BCUT2D eigenvalue weighted by atomic mass is 14.4. The molecule has 0 radical (unpaired) electrons. The molecule has 1 aromatic carbocycles. The molecule has 0 saturated heterocycles. The van der Waals surface area contributed by atoms with Gasteiger partial charge in [-0.05, 0) is 123 Å². The number of hydrogen-bond donors (Lipinski definition) is 0. The van der Waals surface area contributed by atoms with Crippen molar-refractivity contribution in [3.8, 4) is 11.8 Å². The van der Waals surface area contributed by atoms with E-state index in [4.69, 9.17) is 0 Å². The number of unbranched alkanes of at least 4 members (excludes halogenated alkanes) is 2. The number of allylic oxidation sites excluding steroid dienone is 2. The van der Waals surface area contributed by atoms with Crippen LogP contribution in [0.5, 0.6) is 0 Å². The fourth-order valence-electron chi connectivity index (χ4n) is 7.78. The molecule has 0 unspecified atom stereocenters.